The van der Waals surface area contributed by atoms with Crippen molar-refractivity contribution < 1.29 is 0 Å². The lowest BCUT2D eigenvalue weighted by molar-refractivity contribution is 0.283. The normalized spacial score (nSPS) is 15.1. The fourth-order valence-corrected chi connectivity index (χ4v) is 5.07. The number of hydrogen-bond acceptors (Lipinski definition) is 3. The summed E-state index contributed by atoms with van der Waals surface area (Å²) in [4.78, 5) is 12.4. The summed E-state index contributed by atoms with van der Waals surface area (Å²) in [5.41, 5.74) is 4.61. The van der Waals surface area contributed by atoms with Crippen LogP contribution in [0.4, 0.5) is 5.69 Å². The second kappa shape index (κ2) is 7.68. The maximum Gasteiger partial charge on any atom is 0.173 e. The average Bonchev–Trinajstić information content (AvgIpc) is 2.83. The molecule has 0 saturated carbocycles. The lowest BCUT2D eigenvalue weighted by Gasteiger charge is -2.32. The summed E-state index contributed by atoms with van der Waals surface area (Å²) in [5.74, 6) is 0.782. The van der Waals surface area contributed by atoms with Gasteiger partial charge in [-0.25, -0.2) is 9.97 Å². The van der Waals surface area contributed by atoms with E-state index in [1.807, 2.05) is 12.1 Å². The van der Waals surface area contributed by atoms with E-state index in [1.54, 1.807) is 0 Å². The zero-order chi connectivity index (χ0) is 21.7. The van der Waals surface area contributed by atoms with Crippen molar-refractivity contribution in [2.24, 2.45) is 5.92 Å². The molecule has 0 aliphatic carbocycles. The van der Waals surface area contributed by atoms with Gasteiger partial charge in [-0.15, -0.1) is 0 Å². The van der Waals surface area contributed by atoms with Crippen LogP contribution in [0.15, 0.2) is 66.7 Å². The number of nitrogens with zero attached hydrogens (tertiary/aromatic N) is 3. The van der Waals surface area contributed by atoms with Crippen LogP contribution >= 0.6 is 12.2 Å². The van der Waals surface area contributed by atoms with E-state index in [0.717, 1.165) is 62.6 Å². The third kappa shape index (κ3) is 3.24. The van der Waals surface area contributed by atoms with Crippen molar-refractivity contribution in [1.29, 1.82) is 0 Å². The van der Waals surface area contributed by atoms with E-state index in [2.05, 4.69) is 71.7 Å². The molecule has 0 amide bonds. The van der Waals surface area contributed by atoms with Crippen LogP contribution in [0.1, 0.15) is 19.8 Å². The van der Waals surface area contributed by atoms with Gasteiger partial charge in [0.05, 0.1) is 22.1 Å². The molecular weight excluding hydrogens is 412 g/mol. The zero-order valence-corrected chi connectivity index (χ0v) is 18.8. The van der Waals surface area contributed by atoms with Gasteiger partial charge in [0.2, 0.25) is 0 Å². The quantitative estimate of drug-likeness (QED) is 0.184. The first-order valence-electron chi connectivity index (χ1n) is 11.2. The van der Waals surface area contributed by atoms with Crippen LogP contribution in [0.25, 0.3) is 43.6 Å². The Labute approximate surface area is 192 Å². The highest BCUT2D eigenvalue weighted by Gasteiger charge is 2.18. The largest absolute Gasteiger partial charge is 0.349 e. The van der Waals surface area contributed by atoms with E-state index < -0.39 is 0 Å². The Bertz CT molecular complexity index is 1500. The molecule has 0 atom stereocenters. The molecule has 4 aromatic carbocycles. The van der Waals surface area contributed by atoms with Crippen LogP contribution in [0.2, 0.25) is 0 Å². The van der Waals surface area contributed by atoms with Gasteiger partial charge in [-0.3, -0.25) is 0 Å². The Kier molecular flexibility index (Phi) is 4.65. The van der Waals surface area contributed by atoms with Crippen LogP contribution in [0.3, 0.4) is 0 Å². The van der Waals surface area contributed by atoms with Crippen molar-refractivity contribution in [3.63, 3.8) is 0 Å². The molecule has 32 heavy (non-hydrogen) atoms. The number of anilines is 1. The van der Waals surface area contributed by atoms with Crippen LogP contribution in [0.5, 0.6) is 0 Å². The van der Waals surface area contributed by atoms with Crippen LogP contribution < -0.4 is 5.32 Å². The summed E-state index contributed by atoms with van der Waals surface area (Å²) < 4.78 is 0. The standard InChI is InChI=1S/C27H24N4S/c1-17-12-14-31(15-13-17)27(32)28-18-10-11-23-24(16-18)30-26-22-9-5-3-7-20(22)19-6-2-4-8-21(19)25(26)29-23/h2-11,16-17H,12-15H2,1H3,(H,28,32). The van der Waals surface area contributed by atoms with E-state index in [-0.39, 0.29) is 0 Å². The molecule has 158 valence electrons. The molecule has 6 rings (SSSR count). The molecule has 1 fully saturated rings. The number of nitrogens with one attached hydrogen (secondary N) is 1. The molecule has 0 unspecified atom stereocenters. The smallest absolute Gasteiger partial charge is 0.173 e. The molecule has 0 bridgehead atoms. The van der Waals surface area contributed by atoms with Gasteiger partial charge in [0, 0.05) is 29.5 Å². The Morgan fingerprint density at radius 3 is 2.00 bits per heavy atom. The van der Waals surface area contributed by atoms with Gasteiger partial charge >= 0.3 is 0 Å². The van der Waals surface area contributed by atoms with Crippen LogP contribution in [-0.2, 0) is 0 Å². The number of benzene rings is 4. The van der Waals surface area contributed by atoms with E-state index in [0.29, 0.717) is 0 Å². The average molecular weight is 437 g/mol. The third-order valence-corrected chi connectivity index (χ3v) is 7.00. The lowest BCUT2D eigenvalue weighted by Crippen LogP contribution is -2.40. The predicted octanol–water partition coefficient (Wildman–Crippen LogP) is 6.52. The number of piperidine rings is 1. The first kappa shape index (κ1) is 19.4. The summed E-state index contributed by atoms with van der Waals surface area (Å²) in [6.07, 6.45) is 2.38. The molecule has 1 aliphatic rings. The Morgan fingerprint density at radius 1 is 0.812 bits per heavy atom. The molecule has 4 nitrogen and oxygen atoms in total. The number of rotatable bonds is 1. The van der Waals surface area contributed by atoms with Crippen molar-refractivity contribution in [3.05, 3.63) is 66.7 Å². The van der Waals surface area contributed by atoms with Gasteiger partial charge < -0.3 is 10.2 Å². The molecule has 2 heterocycles. The van der Waals surface area contributed by atoms with Crippen molar-refractivity contribution >= 4 is 66.6 Å². The van der Waals surface area contributed by atoms with E-state index >= 15 is 0 Å². The van der Waals surface area contributed by atoms with Gasteiger partial charge in [-0.05, 0) is 59.9 Å². The Balaban J connectivity index is 1.46. The first-order valence-corrected chi connectivity index (χ1v) is 11.6. The predicted molar refractivity (Wildman–Crippen MR) is 138 cm³/mol. The van der Waals surface area contributed by atoms with Gasteiger partial charge in [0.1, 0.15) is 0 Å². The Hall–Kier alpha value is -3.31. The van der Waals surface area contributed by atoms with E-state index in [4.69, 9.17) is 22.2 Å². The highest BCUT2D eigenvalue weighted by molar-refractivity contribution is 7.80. The molecule has 0 radical (unpaired) electrons. The minimum Gasteiger partial charge on any atom is -0.349 e. The highest BCUT2D eigenvalue weighted by Crippen LogP contribution is 2.34. The van der Waals surface area contributed by atoms with Gasteiger partial charge in [0.15, 0.2) is 5.11 Å². The second-order valence-corrected chi connectivity index (χ2v) is 9.20. The van der Waals surface area contributed by atoms with Crippen LogP contribution in [0, 0.1) is 5.92 Å². The summed E-state index contributed by atoms with van der Waals surface area (Å²) >= 11 is 5.69. The maximum atomic E-state index is 5.69. The molecule has 1 aromatic heterocycles. The summed E-state index contributed by atoms with van der Waals surface area (Å²) in [6.45, 7) is 4.35. The Morgan fingerprint density at radius 2 is 1.38 bits per heavy atom. The summed E-state index contributed by atoms with van der Waals surface area (Å²) in [5, 5.41) is 8.90. The fraction of sp³-hybridized carbons (Fsp3) is 0.222. The maximum absolute atomic E-state index is 5.69. The van der Waals surface area contributed by atoms with Crippen molar-refractivity contribution in [2.75, 3.05) is 18.4 Å². The molecule has 1 N–H and O–H groups in total. The number of likely N-dealkylation sites (tertiary alicyclic amines) is 1. The van der Waals surface area contributed by atoms with Crippen LogP contribution in [-0.4, -0.2) is 33.1 Å². The molecular formula is C27H24N4S. The molecule has 5 heteroatoms. The topological polar surface area (TPSA) is 41.0 Å². The van der Waals surface area contributed by atoms with Crippen molar-refractivity contribution in [3.8, 4) is 0 Å². The SMILES string of the molecule is CC1CCN(C(=S)Nc2ccc3nc4c5ccccc5c5ccccc5c4nc3c2)CC1. The molecule has 1 saturated heterocycles. The molecule has 0 spiro atoms. The minimum atomic E-state index is 0.782. The first-order chi connectivity index (χ1) is 15.7. The van der Waals surface area contributed by atoms with E-state index in [9.17, 15) is 0 Å². The van der Waals surface area contributed by atoms with Gasteiger partial charge in [0.25, 0.3) is 0 Å². The monoisotopic (exact) mass is 436 g/mol. The lowest BCUT2D eigenvalue weighted by atomic mass is 9.99. The van der Waals surface area contributed by atoms with E-state index in [1.165, 1.54) is 23.6 Å². The second-order valence-electron chi connectivity index (χ2n) is 8.82. The molecule has 5 aromatic rings. The third-order valence-electron chi connectivity index (χ3n) is 6.64. The number of hydrogen-bond donors (Lipinski definition) is 1. The van der Waals surface area contributed by atoms with Crippen molar-refractivity contribution in [2.45, 2.75) is 19.8 Å². The minimum absolute atomic E-state index is 0.782. The van der Waals surface area contributed by atoms with Crippen molar-refractivity contribution in [1.82, 2.24) is 14.9 Å². The van der Waals surface area contributed by atoms with Gasteiger partial charge in [-0.2, -0.15) is 0 Å². The number of fused-ring (bicyclic) bond motifs is 7. The van der Waals surface area contributed by atoms with Gasteiger partial charge in [-0.1, -0.05) is 55.5 Å². The highest BCUT2D eigenvalue weighted by atomic mass is 32.1. The molecule has 1 aliphatic heterocycles. The fourth-order valence-electron chi connectivity index (χ4n) is 4.77. The number of aromatic nitrogens is 2. The summed E-state index contributed by atoms with van der Waals surface area (Å²) in [7, 11) is 0. The number of thiocarbonyl (C=S) groups is 1. The zero-order valence-electron chi connectivity index (χ0n) is 18.0. The summed E-state index contributed by atoms with van der Waals surface area (Å²) in [6, 6.07) is 23.0.